The Morgan fingerprint density at radius 1 is 0.929 bits per heavy atom. The van der Waals surface area contributed by atoms with Crippen LogP contribution in [-0.4, -0.2) is 14.9 Å². The van der Waals surface area contributed by atoms with Crippen molar-refractivity contribution in [3.05, 3.63) is 49.1 Å². The van der Waals surface area contributed by atoms with Crippen molar-refractivity contribution in [2.75, 3.05) is 0 Å². The van der Waals surface area contributed by atoms with Gasteiger partial charge in [-0.25, -0.2) is 0 Å². The predicted molar refractivity (Wildman–Crippen MR) is 54.0 cm³/mol. The second-order valence-electron chi connectivity index (χ2n) is 3.24. The van der Waals surface area contributed by atoms with Crippen LogP contribution in [0.1, 0.15) is 13.1 Å². The van der Waals surface area contributed by atoms with Crippen molar-refractivity contribution in [3.63, 3.8) is 0 Å². The molecule has 0 spiro atoms. The third-order valence-electron chi connectivity index (χ3n) is 2.18. The highest BCUT2D eigenvalue weighted by Crippen LogP contribution is 2.11. The second-order valence-corrected chi connectivity index (χ2v) is 3.24. The third-order valence-corrected chi connectivity index (χ3v) is 2.18. The summed E-state index contributed by atoms with van der Waals surface area (Å²) in [6.45, 7) is 1.60. The Morgan fingerprint density at radius 3 is 1.57 bits per heavy atom. The van der Waals surface area contributed by atoms with Crippen LogP contribution in [0.2, 0.25) is 0 Å². The number of ketones is 1. The quantitative estimate of drug-likeness (QED) is 0.723. The highest BCUT2D eigenvalue weighted by Gasteiger charge is 2.15. The van der Waals surface area contributed by atoms with Crippen molar-refractivity contribution in [3.8, 4) is 0 Å². The molecule has 0 aliphatic heterocycles. The molecule has 0 atom stereocenters. The van der Waals surface area contributed by atoms with Gasteiger partial charge in [0.2, 0.25) is 0 Å². The molecule has 0 aliphatic rings. The maximum absolute atomic E-state index is 11.5. The lowest BCUT2D eigenvalue weighted by Gasteiger charge is -2.17. The zero-order chi connectivity index (χ0) is 9.97. The molecule has 0 aliphatic carbocycles. The summed E-state index contributed by atoms with van der Waals surface area (Å²) in [6.07, 6.45) is 7.33. The van der Waals surface area contributed by atoms with Gasteiger partial charge in [0, 0.05) is 24.8 Å². The highest BCUT2D eigenvalue weighted by atomic mass is 16.1. The second kappa shape index (κ2) is 3.54. The zero-order valence-electron chi connectivity index (χ0n) is 8.00. The maximum atomic E-state index is 11.5. The van der Waals surface area contributed by atoms with E-state index >= 15 is 0 Å². The average Bonchev–Trinajstić information content (AvgIpc) is 2.75. The Morgan fingerprint density at radius 2 is 1.29 bits per heavy atom. The number of hydrogen-bond acceptors (Lipinski definition) is 1. The summed E-state index contributed by atoms with van der Waals surface area (Å²) in [4.78, 5) is 11.5. The van der Waals surface area contributed by atoms with Gasteiger partial charge in [0.05, 0.1) is 0 Å². The van der Waals surface area contributed by atoms with E-state index in [1.165, 1.54) is 0 Å². The zero-order valence-corrected chi connectivity index (χ0v) is 8.00. The van der Waals surface area contributed by atoms with Crippen LogP contribution in [0.3, 0.4) is 0 Å². The molecule has 14 heavy (non-hydrogen) atoms. The molecule has 0 fully saturated rings. The summed E-state index contributed by atoms with van der Waals surface area (Å²) >= 11 is 0. The summed E-state index contributed by atoms with van der Waals surface area (Å²) in [5, 5.41) is 0. The van der Waals surface area contributed by atoms with Gasteiger partial charge in [-0.3, -0.25) is 4.79 Å². The van der Waals surface area contributed by atoms with Crippen LogP contribution in [0.15, 0.2) is 49.1 Å². The molecule has 72 valence electrons. The third kappa shape index (κ3) is 1.48. The van der Waals surface area contributed by atoms with E-state index in [9.17, 15) is 4.79 Å². The van der Waals surface area contributed by atoms with E-state index in [2.05, 4.69) is 0 Å². The van der Waals surface area contributed by atoms with Gasteiger partial charge in [-0.15, -0.1) is 0 Å². The fourth-order valence-electron chi connectivity index (χ4n) is 1.60. The van der Waals surface area contributed by atoms with Crippen LogP contribution >= 0.6 is 0 Å². The van der Waals surface area contributed by atoms with E-state index < -0.39 is 0 Å². The first-order chi connectivity index (χ1) is 6.79. The van der Waals surface area contributed by atoms with Crippen LogP contribution in [0.25, 0.3) is 0 Å². The molecule has 3 heteroatoms. The van der Waals surface area contributed by atoms with Gasteiger partial charge in [0.25, 0.3) is 0 Å². The molecule has 0 aromatic carbocycles. The van der Waals surface area contributed by atoms with E-state index in [1.807, 2.05) is 58.2 Å². The number of rotatable bonds is 3. The van der Waals surface area contributed by atoms with Gasteiger partial charge in [0.15, 0.2) is 11.9 Å². The Balaban J connectivity index is 2.40. The summed E-state index contributed by atoms with van der Waals surface area (Å²) < 4.78 is 3.78. The molecular formula is C11H12N2O. The van der Waals surface area contributed by atoms with Crippen LogP contribution in [0, 0.1) is 0 Å². The molecule has 2 rings (SSSR count). The van der Waals surface area contributed by atoms with Crippen molar-refractivity contribution < 1.29 is 4.79 Å². The Labute approximate surface area is 82.6 Å². The van der Waals surface area contributed by atoms with Gasteiger partial charge in [-0.2, -0.15) is 0 Å². The van der Waals surface area contributed by atoms with Crippen molar-refractivity contribution >= 4 is 5.78 Å². The van der Waals surface area contributed by atoms with Gasteiger partial charge < -0.3 is 9.13 Å². The lowest BCUT2D eigenvalue weighted by molar-refractivity contribution is -0.120. The van der Waals surface area contributed by atoms with E-state index in [0.717, 1.165) is 0 Å². The topological polar surface area (TPSA) is 26.9 Å². The Kier molecular flexibility index (Phi) is 2.23. The molecule has 2 aromatic rings. The van der Waals surface area contributed by atoms with Gasteiger partial charge in [0.1, 0.15) is 0 Å². The molecule has 2 heterocycles. The molecule has 2 aromatic heterocycles. The molecule has 3 nitrogen and oxygen atoms in total. The maximum Gasteiger partial charge on any atom is 0.173 e. The SMILES string of the molecule is CC(=O)C(n1cccc1)n1cccc1. The lowest BCUT2D eigenvalue weighted by atomic mass is 10.3. The molecule has 0 saturated carbocycles. The summed E-state index contributed by atoms with van der Waals surface area (Å²) in [5.74, 6) is 0.123. The van der Waals surface area contributed by atoms with Crippen molar-refractivity contribution in [1.82, 2.24) is 9.13 Å². The Bertz CT molecular complexity index is 366. The smallest absolute Gasteiger partial charge is 0.173 e. The first kappa shape index (κ1) is 8.81. The van der Waals surface area contributed by atoms with Crippen molar-refractivity contribution in [1.29, 1.82) is 0 Å². The molecule has 0 bridgehead atoms. The summed E-state index contributed by atoms with van der Waals surface area (Å²) in [5.41, 5.74) is 0. The number of carbonyl (C=O) groups is 1. The van der Waals surface area contributed by atoms with Crippen molar-refractivity contribution in [2.45, 2.75) is 13.1 Å². The van der Waals surface area contributed by atoms with E-state index in [1.54, 1.807) is 6.92 Å². The average molecular weight is 188 g/mol. The van der Waals surface area contributed by atoms with Crippen LogP contribution in [0.4, 0.5) is 0 Å². The minimum absolute atomic E-state index is 0.123. The number of aromatic nitrogens is 2. The normalized spacial score (nSPS) is 10.7. The fraction of sp³-hybridized carbons (Fsp3) is 0.182. The molecule has 0 N–H and O–H groups in total. The van der Waals surface area contributed by atoms with Gasteiger partial charge in [-0.1, -0.05) is 0 Å². The molecule has 0 unspecified atom stereocenters. The molecule has 0 radical (unpaired) electrons. The Hall–Kier alpha value is -1.77. The predicted octanol–water partition coefficient (Wildman–Crippen LogP) is 1.93. The van der Waals surface area contributed by atoms with E-state index in [4.69, 9.17) is 0 Å². The van der Waals surface area contributed by atoms with Gasteiger partial charge >= 0.3 is 0 Å². The van der Waals surface area contributed by atoms with Crippen LogP contribution in [0.5, 0.6) is 0 Å². The number of nitrogens with zero attached hydrogens (tertiary/aromatic N) is 2. The molecule has 0 saturated heterocycles. The molecule has 0 amide bonds. The summed E-state index contributed by atoms with van der Waals surface area (Å²) in [7, 11) is 0. The van der Waals surface area contributed by atoms with E-state index in [0.29, 0.717) is 0 Å². The van der Waals surface area contributed by atoms with Gasteiger partial charge in [-0.05, 0) is 31.2 Å². The first-order valence-electron chi connectivity index (χ1n) is 4.54. The minimum atomic E-state index is -0.250. The monoisotopic (exact) mass is 188 g/mol. The van der Waals surface area contributed by atoms with Crippen molar-refractivity contribution in [2.24, 2.45) is 0 Å². The van der Waals surface area contributed by atoms with Crippen LogP contribution in [-0.2, 0) is 4.79 Å². The summed E-state index contributed by atoms with van der Waals surface area (Å²) in [6, 6.07) is 7.66. The highest BCUT2D eigenvalue weighted by molar-refractivity contribution is 5.79. The number of hydrogen-bond donors (Lipinski definition) is 0. The van der Waals surface area contributed by atoms with E-state index in [-0.39, 0.29) is 11.9 Å². The fourth-order valence-corrected chi connectivity index (χ4v) is 1.60. The number of carbonyl (C=O) groups excluding carboxylic acids is 1. The standard InChI is InChI=1S/C11H12N2O/c1-10(14)11(12-6-2-3-7-12)13-8-4-5-9-13/h2-9,11H,1H3. The van der Waals surface area contributed by atoms with Crippen LogP contribution < -0.4 is 0 Å². The minimum Gasteiger partial charge on any atom is -0.327 e. The molecular weight excluding hydrogens is 176 g/mol. The largest absolute Gasteiger partial charge is 0.327 e. The lowest BCUT2D eigenvalue weighted by Crippen LogP contribution is -2.22. The first-order valence-corrected chi connectivity index (χ1v) is 4.54. The number of Topliss-reactive ketones (excluding diaryl/α,β-unsaturated/α-hetero) is 1.